The topological polar surface area (TPSA) is 51.4 Å². The summed E-state index contributed by atoms with van der Waals surface area (Å²) in [6.07, 6.45) is 3.17. The van der Waals surface area contributed by atoms with Crippen LogP contribution in [0.2, 0.25) is 0 Å². The minimum atomic E-state index is 0.0725. The number of nitrogens with one attached hydrogen (secondary N) is 2. The Morgan fingerprint density at radius 1 is 1.29 bits per heavy atom. The minimum Gasteiger partial charge on any atom is -0.358 e. The van der Waals surface area contributed by atoms with E-state index >= 15 is 0 Å². The second-order valence-corrected chi connectivity index (χ2v) is 8.56. The largest absolute Gasteiger partial charge is 0.358 e. The summed E-state index contributed by atoms with van der Waals surface area (Å²) in [5, 5.41) is 4.76. The first-order chi connectivity index (χ1) is 13.5. The van der Waals surface area contributed by atoms with Crippen molar-refractivity contribution < 1.29 is 4.79 Å². The molecule has 1 fully saturated rings. The predicted octanol–water partition coefficient (Wildman–Crippen LogP) is 3.80. The van der Waals surface area contributed by atoms with Crippen molar-refractivity contribution in [3.05, 3.63) is 34.5 Å². The highest BCUT2D eigenvalue weighted by Crippen LogP contribution is 2.44. The van der Waals surface area contributed by atoms with Crippen LogP contribution in [0, 0.1) is 6.92 Å². The van der Waals surface area contributed by atoms with E-state index in [1.54, 1.807) is 0 Å². The van der Waals surface area contributed by atoms with E-state index in [1.807, 2.05) is 18.7 Å². The highest BCUT2D eigenvalue weighted by Gasteiger charge is 2.40. The van der Waals surface area contributed by atoms with Crippen LogP contribution in [0.3, 0.4) is 0 Å². The lowest BCUT2D eigenvalue weighted by atomic mass is 9.73. The van der Waals surface area contributed by atoms with E-state index in [1.165, 1.54) is 33.3 Å². The van der Waals surface area contributed by atoms with Gasteiger partial charge in [-0.2, -0.15) is 0 Å². The molecule has 1 aliphatic heterocycles. The molecule has 5 nitrogen and oxygen atoms in total. The Hall–Kier alpha value is -2.01. The quantitative estimate of drug-likeness (QED) is 0.845. The van der Waals surface area contributed by atoms with Crippen LogP contribution in [0.1, 0.15) is 55.5 Å². The van der Waals surface area contributed by atoms with Crippen LogP contribution in [-0.2, 0) is 12.8 Å². The minimum absolute atomic E-state index is 0.0725. The van der Waals surface area contributed by atoms with E-state index in [9.17, 15) is 4.79 Å². The summed E-state index contributed by atoms with van der Waals surface area (Å²) < 4.78 is 0. The molecule has 2 aromatic rings. The van der Waals surface area contributed by atoms with Gasteiger partial charge in [0.05, 0.1) is 0 Å². The van der Waals surface area contributed by atoms with Gasteiger partial charge in [-0.15, -0.1) is 0 Å². The summed E-state index contributed by atoms with van der Waals surface area (Å²) in [6.45, 7) is 10.9. The number of carbonyl (C=O) groups is 1. The SMILES string of the molecule is CCc1cc2c3c(c(C)[nH]c3c1)C[C@@H]1C2C[C@H](NC(=O)N(CC)CC)CN1C. The number of benzene rings is 1. The molecule has 2 N–H and O–H groups in total. The van der Waals surface area contributed by atoms with Gasteiger partial charge in [0.25, 0.3) is 0 Å². The Kier molecular flexibility index (Phi) is 5.13. The maximum atomic E-state index is 12.6. The smallest absolute Gasteiger partial charge is 0.317 e. The first-order valence-electron chi connectivity index (χ1n) is 10.9. The summed E-state index contributed by atoms with van der Waals surface area (Å²) in [4.78, 5) is 20.6. The van der Waals surface area contributed by atoms with E-state index in [4.69, 9.17) is 0 Å². The van der Waals surface area contributed by atoms with E-state index in [2.05, 4.69) is 48.2 Å². The zero-order chi connectivity index (χ0) is 20.0. The van der Waals surface area contributed by atoms with Gasteiger partial charge in [0.2, 0.25) is 0 Å². The number of piperidine rings is 1. The molecule has 5 heteroatoms. The van der Waals surface area contributed by atoms with E-state index in [0.29, 0.717) is 12.0 Å². The van der Waals surface area contributed by atoms with Crippen molar-refractivity contribution >= 4 is 16.9 Å². The Bertz CT molecular complexity index is 882. The number of aromatic nitrogens is 1. The summed E-state index contributed by atoms with van der Waals surface area (Å²) >= 11 is 0. The maximum absolute atomic E-state index is 12.6. The summed E-state index contributed by atoms with van der Waals surface area (Å²) in [5.74, 6) is 0.470. The number of fused-ring (bicyclic) bond motifs is 2. The predicted molar refractivity (Wildman–Crippen MR) is 115 cm³/mol. The number of urea groups is 1. The average Bonchev–Trinajstić information content (AvgIpc) is 2.99. The molecule has 28 heavy (non-hydrogen) atoms. The molecule has 1 aromatic carbocycles. The average molecular weight is 383 g/mol. The van der Waals surface area contributed by atoms with Gasteiger partial charge in [0.15, 0.2) is 0 Å². The molecule has 0 saturated carbocycles. The van der Waals surface area contributed by atoms with Crippen molar-refractivity contribution in [1.29, 1.82) is 0 Å². The Morgan fingerprint density at radius 2 is 2.04 bits per heavy atom. The van der Waals surface area contributed by atoms with Crippen molar-refractivity contribution in [1.82, 2.24) is 20.1 Å². The number of hydrogen-bond acceptors (Lipinski definition) is 2. The van der Waals surface area contributed by atoms with Gasteiger partial charge in [-0.3, -0.25) is 0 Å². The highest BCUT2D eigenvalue weighted by molar-refractivity contribution is 5.90. The summed E-state index contributed by atoms with van der Waals surface area (Å²) in [6, 6.07) is 5.53. The number of hydrogen-bond donors (Lipinski definition) is 2. The Morgan fingerprint density at radius 3 is 2.71 bits per heavy atom. The van der Waals surface area contributed by atoms with E-state index in [-0.39, 0.29) is 12.1 Å². The number of likely N-dealkylation sites (N-methyl/N-ethyl adjacent to an activating group) is 1. The molecule has 2 heterocycles. The molecule has 152 valence electrons. The normalized spacial score (nSPS) is 24.2. The van der Waals surface area contributed by atoms with Crippen molar-refractivity contribution in [3.63, 3.8) is 0 Å². The van der Waals surface area contributed by atoms with Crippen LogP contribution in [0.25, 0.3) is 10.9 Å². The van der Waals surface area contributed by atoms with E-state index < -0.39 is 0 Å². The first-order valence-corrected chi connectivity index (χ1v) is 10.9. The van der Waals surface area contributed by atoms with Crippen LogP contribution >= 0.6 is 0 Å². The number of nitrogens with zero attached hydrogens (tertiary/aromatic N) is 2. The number of aryl methyl sites for hydroxylation is 2. The van der Waals surface area contributed by atoms with Gasteiger partial charge in [-0.1, -0.05) is 13.0 Å². The number of amides is 2. The zero-order valence-electron chi connectivity index (χ0n) is 17.9. The van der Waals surface area contributed by atoms with Crippen LogP contribution in [0.5, 0.6) is 0 Å². The standard InChI is InChI=1S/C23H34N4O/c1-6-15-9-19-18-11-16(25-23(28)27(7-2)8-3)13-26(5)21(18)12-17-14(4)24-20(10-15)22(17)19/h9-10,16,18,21,24H,6-8,11-13H2,1-5H3,(H,25,28)/t16-,18?,21+/m0/s1. The van der Waals surface area contributed by atoms with Gasteiger partial charge in [0, 0.05) is 54.2 Å². The number of aromatic amines is 1. The van der Waals surface area contributed by atoms with Crippen molar-refractivity contribution in [2.75, 3.05) is 26.7 Å². The number of carbonyl (C=O) groups excluding carboxylic acids is 1. The molecule has 3 atom stereocenters. The van der Waals surface area contributed by atoms with Crippen LogP contribution in [0.15, 0.2) is 12.1 Å². The monoisotopic (exact) mass is 382 g/mol. The molecule has 4 rings (SSSR count). The van der Waals surface area contributed by atoms with Crippen LogP contribution < -0.4 is 5.32 Å². The fourth-order valence-corrected chi connectivity index (χ4v) is 5.43. The maximum Gasteiger partial charge on any atom is 0.317 e. The molecule has 1 unspecified atom stereocenters. The molecule has 0 bridgehead atoms. The third kappa shape index (κ3) is 3.10. The molecule has 1 saturated heterocycles. The molecule has 2 amide bonds. The zero-order valence-corrected chi connectivity index (χ0v) is 17.9. The van der Waals surface area contributed by atoms with Crippen LogP contribution in [-0.4, -0.2) is 59.6 Å². The Labute approximate surface area is 168 Å². The lowest BCUT2D eigenvalue weighted by Gasteiger charge is -2.46. The number of H-pyrrole nitrogens is 1. The second-order valence-electron chi connectivity index (χ2n) is 8.56. The van der Waals surface area contributed by atoms with Gasteiger partial charge >= 0.3 is 6.03 Å². The van der Waals surface area contributed by atoms with Gasteiger partial charge in [-0.05, 0) is 69.8 Å². The fourth-order valence-electron chi connectivity index (χ4n) is 5.43. The Balaban J connectivity index is 1.68. The number of rotatable bonds is 4. The number of likely N-dealkylation sites (tertiary alicyclic amines) is 1. The van der Waals surface area contributed by atoms with Crippen molar-refractivity contribution in [2.24, 2.45) is 0 Å². The first kappa shape index (κ1) is 19.3. The summed E-state index contributed by atoms with van der Waals surface area (Å²) in [7, 11) is 2.22. The second kappa shape index (κ2) is 7.43. The van der Waals surface area contributed by atoms with Crippen LogP contribution in [0.4, 0.5) is 4.79 Å². The summed E-state index contributed by atoms with van der Waals surface area (Å²) in [5.41, 5.74) is 6.98. The molecule has 2 aliphatic rings. The van der Waals surface area contributed by atoms with Gasteiger partial charge in [0.1, 0.15) is 0 Å². The van der Waals surface area contributed by atoms with Gasteiger partial charge in [-0.25, -0.2) is 4.79 Å². The molecule has 1 aromatic heterocycles. The van der Waals surface area contributed by atoms with E-state index in [0.717, 1.165) is 38.9 Å². The lowest BCUT2D eigenvalue weighted by Crippen LogP contribution is -2.56. The van der Waals surface area contributed by atoms with Crippen molar-refractivity contribution in [3.8, 4) is 0 Å². The van der Waals surface area contributed by atoms with Gasteiger partial charge < -0.3 is 20.1 Å². The molecular formula is C23H34N4O. The molecule has 0 radical (unpaired) electrons. The lowest BCUT2D eigenvalue weighted by molar-refractivity contribution is 0.124. The molecule has 1 aliphatic carbocycles. The third-order valence-electron chi connectivity index (χ3n) is 6.98. The molecular weight excluding hydrogens is 348 g/mol. The fraction of sp³-hybridized carbons (Fsp3) is 0.609. The third-order valence-corrected chi connectivity index (χ3v) is 6.98. The highest BCUT2D eigenvalue weighted by atomic mass is 16.2. The molecule has 0 spiro atoms. The van der Waals surface area contributed by atoms with Crippen molar-refractivity contribution in [2.45, 2.75) is 65.0 Å².